The molecule has 1 aromatic rings. The molecule has 0 aliphatic carbocycles. The molecule has 12 heavy (non-hydrogen) atoms. The lowest BCUT2D eigenvalue weighted by molar-refractivity contribution is -0.131. The fourth-order valence-corrected chi connectivity index (χ4v) is 0.858. The topological polar surface area (TPSA) is 55.1 Å². The van der Waals surface area contributed by atoms with E-state index >= 15 is 0 Å². The van der Waals surface area contributed by atoms with Gasteiger partial charge in [0, 0.05) is 31.9 Å². The van der Waals surface area contributed by atoms with Crippen molar-refractivity contribution in [2.24, 2.45) is 7.05 Å². The Kier molecular flexibility index (Phi) is 2.63. The van der Waals surface area contributed by atoms with Gasteiger partial charge in [-0.1, -0.05) is 6.08 Å². The molecule has 0 aromatic carbocycles. The van der Waals surface area contributed by atoms with E-state index in [1.807, 2.05) is 17.8 Å². The minimum Gasteiger partial charge on any atom is -0.478 e. The van der Waals surface area contributed by atoms with E-state index < -0.39 is 5.97 Å². The molecule has 0 saturated carbocycles. The predicted octanol–water partition coefficient (Wildman–Crippen LogP) is 0.603. The Labute approximate surface area is 70.2 Å². The average Bonchev–Trinajstić information content (AvgIpc) is 2.36. The Bertz CT molecular complexity index is 302. The summed E-state index contributed by atoms with van der Waals surface area (Å²) in [5.41, 5.74) is 0. The van der Waals surface area contributed by atoms with Gasteiger partial charge >= 0.3 is 5.97 Å². The third kappa shape index (κ3) is 2.23. The number of nitrogens with zero attached hydrogens (tertiary/aromatic N) is 2. The summed E-state index contributed by atoms with van der Waals surface area (Å²) in [5, 5.41) is 8.30. The number of rotatable bonds is 3. The number of carboxylic acid groups (broad SMARTS) is 1. The van der Waals surface area contributed by atoms with E-state index in [9.17, 15) is 4.79 Å². The lowest BCUT2D eigenvalue weighted by atomic mass is 10.3. The van der Waals surface area contributed by atoms with Gasteiger partial charge in [-0.15, -0.1) is 0 Å². The number of carboxylic acids is 1. The smallest absolute Gasteiger partial charge is 0.327 e. The first kappa shape index (κ1) is 8.52. The van der Waals surface area contributed by atoms with Gasteiger partial charge in [-0.3, -0.25) is 0 Å². The summed E-state index contributed by atoms with van der Waals surface area (Å²) in [6.07, 6.45) is 6.75. The van der Waals surface area contributed by atoms with Gasteiger partial charge in [-0.2, -0.15) is 0 Å². The molecular weight excluding hydrogens is 156 g/mol. The Morgan fingerprint density at radius 3 is 3.08 bits per heavy atom. The standard InChI is InChI=1S/C8H10N2O2/c1-10-6-5-9-7(10)3-2-4-8(11)12/h2,4-6H,3H2,1H3,(H,11,12). The van der Waals surface area contributed by atoms with Gasteiger partial charge in [0.05, 0.1) is 0 Å². The van der Waals surface area contributed by atoms with Crippen LogP contribution in [0.3, 0.4) is 0 Å². The van der Waals surface area contributed by atoms with Crippen LogP contribution in [-0.2, 0) is 18.3 Å². The van der Waals surface area contributed by atoms with Gasteiger partial charge in [0.2, 0.25) is 0 Å². The second-order valence-electron chi connectivity index (χ2n) is 2.40. The zero-order valence-corrected chi connectivity index (χ0v) is 6.77. The molecule has 0 aliphatic rings. The Morgan fingerprint density at radius 2 is 2.58 bits per heavy atom. The van der Waals surface area contributed by atoms with Crippen LogP contribution in [-0.4, -0.2) is 20.6 Å². The number of aromatic nitrogens is 2. The largest absolute Gasteiger partial charge is 0.478 e. The van der Waals surface area contributed by atoms with E-state index in [-0.39, 0.29) is 0 Å². The van der Waals surface area contributed by atoms with Crippen LogP contribution < -0.4 is 0 Å². The molecule has 64 valence electrons. The van der Waals surface area contributed by atoms with Gasteiger partial charge in [0.1, 0.15) is 5.82 Å². The molecule has 1 N–H and O–H groups in total. The number of allylic oxidation sites excluding steroid dienone is 1. The molecule has 4 nitrogen and oxygen atoms in total. The lowest BCUT2D eigenvalue weighted by Crippen LogP contribution is -1.95. The molecule has 0 spiro atoms. The molecule has 0 bridgehead atoms. The molecule has 1 rings (SSSR count). The summed E-state index contributed by atoms with van der Waals surface area (Å²) in [5.74, 6) is -0.0725. The molecule has 0 atom stereocenters. The molecule has 1 heterocycles. The van der Waals surface area contributed by atoms with Crippen molar-refractivity contribution in [3.63, 3.8) is 0 Å². The predicted molar refractivity (Wildman–Crippen MR) is 43.7 cm³/mol. The number of imidazole rings is 1. The number of hydrogen-bond donors (Lipinski definition) is 1. The van der Waals surface area contributed by atoms with Crippen molar-refractivity contribution < 1.29 is 9.90 Å². The minimum atomic E-state index is -0.927. The normalized spacial score (nSPS) is 10.8. The van der Waals surface area contributed by atoms with Gasteiger partial charge in [-0.05, 0) is 0 Å². The summed E-state index contributed by atoms with van der Waals surface area (Å²) in [4.78, 5) is 14.1. The van der Waals surface area contributed by atoms with Crippen molar-refractivity contribution in [2.45, 2.75) is 6.42 Å². The zero-order chi connectivity index (χ0) is 8.97. The van der Waals surface area contributed by atoms with Crippen LogP contribution in [0, 0.1) is 0 Å². The first-order valence-corrected chi connectivity index (χ1v) is 3.56. The third-order valence-corrected chi connectivity index (χ3v) is 1.48. The maximum atomic E-state index is 10.1. The summed E-state index contributed by atoms with van der Waals surface area (Å²) >= 11 is 0. The Morgan fingerprint density at radius 1 is 1.83 bits per heavy atom. The maximum Gasteiger partial charge on any atom is 0.327 e. The summed E-state index contributed by atoms with van der Waals surface area (Å²) in [6, 6.07) is 0. The van der Waals surface area contributed by atoms with Gasteiger partial charge < -0.3 is 9.67 Å². The average molecular weight is 166 g/mol. The monoisotopic (exact) mass is 166 g/mol. The van der Waals surface area contributed by atoms with Crippen LogP contribution in [0.15, 0.2) is 24.5 Å². The number of aliphatic carboxylic acids is 1. The molecule has 0 radical (unpaired) electrons. The van der Waals surface area contributed by atoms with Gasteiger partial charge in [0.25, 0.3) is 0 Å². The van der Waals surface area contributed by atoms with E-state index in [0.717, 1.165) is 11.9 Å². The zero-order valence-electron chi connectivity index (χ0n) is 6.77. The number of carbonyl (C=O) groups is 1. The van der Waals surface area contributed by atoms with Crippen LogP contribution in [0.1, 0.15) is 5.82 Å². The quantitative estimate of drug-likeness (QED) is 0.669. The van der Waals surface area contributed by atoms with Crippen molar-refractivity contribution >= 4 is 5.97 Å². The lowest BCUT2D eigenvalue weighted by Gasteiger charge is -1.94. The summed E-state index contributed by atoms with van der Waals surface area (Å²) in [7, 11) is 1.87. The molecule has 1 aromatic heterocycles. The van der Waals surface area contributed by atoms with E-state index in [0.29, 0.717) is 6.42 Å². The molecule has 0 aliphatic heterocycles. The van der Waals surface area contributed by atoms with Crippen LogP contribution in [0.5, 0.6) is 0 Å². The van der Waals surface area contributed by atoms with Crippen molar-refractivity contribution in [2.75, 3.05) is 0 Å². The van der Waals surface area contributed by atoms with Crippen LogP contribution in [0.25, 0.3) is 0 Å². The van der Waals surface area contributed by atoms with E-state index in [2.05, 4.69) is 4.98 Å². The molecular formula is C8H10N2O2. The van der Waals surface area contributed by atoms with Crippen molar-refractivity contribution in [3.8, 4) is 0 Å². The van der Waals surface area contributed by atoms with Gasteiger partial charge in [-0.25, -0.2) is 9.78 Å². The summed E-state index contributed by atoms with van der Waals surface area (Å²) in [6.45, 7) is 0. The molecule has 0 amide bonds. The maximum absolute atomic E-state index is 10.1. The highest BCUT2D eigenvalue weighted by Gasteiger charge is 1.94. The highest BCUT2D eigenvalue weighted by molar-refractivity contribution is 5.79. The highest BCUT2D eigenvalue weighted by Crippen LogP contribution is 1.95. The van der Waals surface area contributed by atoms with E-state index in [1.165, 1.54) is 0 Å². The Hall–Kier alpha value is -1.58. The second kappa shape index (κ2) is 3.71. The molecule has 4 heteroatoms. The second-order valence-corrected chi connectivity index (χ2v) is 2.40. The van der Waals surface area contributed by atoms with Crippen molar-refractivity contribution in [1.29, 1.82) is 0 Å². The van der Waals surface area contributed by atoms with Crippen molar-refractivity contribution in [3.05, 3.63) is 30.4 Å². The van der Waals surface area contributed by atoms with Gasteiger partial charge in [0.15, 0.2) is 0 Å². The van der Waals surface area contributed by atoms with E-state index in [4.69, 9.17) is 5.11 Å². The highest BCUT2D eigenvalue weighted by atomic mass is 16.4. The molecule has 0 fully saturated rings. The first-order valence-electron chi connectivity index (χ1n) is 3.56. The SMILES string of the molecule is Cn1ccnc1CC=CC(=O)O. The fraction of sp³-hybridized carbons (Fsp3) is 0.250. The molecule has 0 saturated heterocycles. The molecule has 0 unspecified atom stereocenters. The van der Waals surface area contributed by atoms with E-state index in [1.54, 1.807) is 12.3 Å². The minimum absolute atomic E-state index is 0.551. The Balaban J connectivity index is 2.54. The number of aryl methyl sites for hydroxylation is 1. The number of hydrogen-bond acceptors (Lipinski definition) is 2. The third-order valence-electron chi connectivity index (χ3n) is 1.48. The first-order chi connectivity index (χ1) is 5.70. The van der Waals surface area contributed by atoms with Crippen LogP contribution >= 0.6 is 0 Å². The van der Waals surface area contributed by atoms with Crippen LogP contribution in [0.4, 0.5) is 0 Å². The van der Waals surface area contributed by atoms with Crippen molar-refractivity contribution in [1.82, 2.24) is 9.55 Å². The fourth-order valence-electron chi connectivity index (χ4n) is 0.858. The van der Waals surface area contributed by atoms with Crippen LogP contribution in [0.2, 0.25) is 0 Å². The summed E-state index contributed by atoms with van der Waals surface area (Å²) < 4.78 is 1.85.